The van der Waals surface area contributed by atoms with Crippen LogP contribution in [0.2, 0.25) is 0 Å². The summed E-state index contributed by atoms with van der Waals surface area (Å²) in [6.07, 6.45) is -4.54. The summed E-state index contributed by atoms with van der Waals surface area (Å²) in [4.78, 5) is 11.0. The van der Waals surface area contributed by atoms with Gasteiger partial charge in [-0.3, -0.25) is 10.2 Å². The van der Waals surface area contributed by atoms with Crippen LogP contribution in [0, 0.1) is 0 Å². The zero-order valence-corrected chi connectivity index (χ0v) is 7.43. The van der Waals surface area contributed by atoms with Crippen molar-refractivity contribution in [3.63, 3.8) is 0 Å². The fraction of sp³-hybridized carbons (Fsp3) is 0.125. The van der Waals surface area contributed by atoms with Gasteiger partial charge in [0.05, 0.1) is 5.56 Å². The molecule has 0 bridgehead atoms. The van der Waals surface area contributed by atoms with Crippen LogP contribution in [0.15, 0.2) is 18.2 Å². The Morgan fingerprint density at radius 2 is 1.87 bits per heavy atom. The molecule has 0 saturated heterocycles. The van der Waals surface area contributed by atoms with Gasteiger partial charge in [-0.25, -0.2) is 5.84 Å². The predicted molar refractivity (Wildman–Crippen MR) is 47.5 cm³/mol. The van der Waals surface area contributed by atoms with Crippen molar-refractivity contribution in [3.8, 4) is 0 Å². The molecule has 1 aromatic carbocycles. The quantitative estimate of drug-likeness (QED) is 0.284. The number of carbonyl (C=O) groups is 1. The van der Waals surface area contributed by atoms with Crippen LogP contribution >= 0.6 is 0 Å². The number of rotatable bonds is 1. The number of hydrazine groups is 1. The van der Waals surface area contributed by atoms with Gasteiger partial charge in [-0.1, -0.05) is 0 Å². The summed E-state index contributed by atoms with van der Waals surface area (Å²) >= 11 is 0. The van der Waals surface area contributed by atoms with Gasteiger partial charge in [0.1, 0.15) is 0 Å². The maximum atomic E-state index is 12.3. The SMILES string of the molecule is NNC(=O)c1cc(N)cc(C(F)(F)F)c1. The highest BCUT2D eigenvalue weighted by molar-refractivity contribution is 5.94. The van der Waals surface area contributed by atoms with Crippen molar-refractivity contribution in [3.05, 3.63) is 29.3 Å². The van der Waals surface area contributed by atoms with Crippen molar-refractivity contribution in [2.24, 2.45) is 5.84 Å². The summed E-state index contributed by atoms with van der Waals surface area (Å²) in [5.41, 5.74) is 5.59. The molecular weight excluding hydrogens is 211 g/mol. The molecule has 0 radical (unpaired) electrons. The molecule has 0 heterocycles. The van der Waals surface area contributed by atoms with Crippen LogP contribution < -0.4 is 17.0 Å². The van der Waals surface area contributed by atoms with E-state index in [0.29, 0.717) is 6.07 Å². The monoisotopic (exact) mass is 219 g/mol. The Morgan fingerprint density at radius 1 is 1.27 bits per heavy atom. The number of nitrogen functional groups attached to an aromatic ring is 2. The first-order valence-electron chi connectivity index (χ1n) is 3.83. The summed E-state index contributed by atoms with van der Waals surface area (Å²) in [6.45, 7) is 0. The second-order valence-corrected chi connectivity index (χ2v) is 2.81. The maximum Gasteiger partial charge on any atom is 0.416 e. The Kier molecular flexibility index (Phi) is 2.85. The first-order valence-corrected chi connectivity index (χ1v) is 3.83. The fourth-order valence-corrected chi connectivity index (χ4v) is 1.03. The van der Waals surface area contributed by atoms with Crippen molar-refractivity contribution < 1.29 is 18.0 Å². The van der Waals surface area contributed by atoms with Gasteiger partial charge < -0.3 is 5.73 Å². The van der Waals surface area contributed by atoms with Crippen molar-refractivity contribution in [2.45, 2.75) is 6.18 Å². The van der Waals surface area contributed by atoms with E-state index in [4.69, 9.17) is 11.6 Å². The maximum absolute atomic E-state index is 12.3. The molecule has 4 nitrogen and oxygen atoms in total. The highest BCUT2D eigenvalue weighted by Gasteiger charge is 2.31. The highest BCUT2D eigenvalue weighted by Crippen LogP contribution is 2.31. The number of amides is 1. The average Bonchev–Trinajstić information content (AvgIpc) is 2.14. The minimum Gasteiger partial charge on any atom is -0.399 e. The van der Waals surface area contributed by atoms with Crippen molar-refractivity contribution in [1.82, 2.24) is 5.43 Å². The van der Waals surface area contributed by atoms with Crippen LogP contribution in [0.4, 0.5) is 18.9 Å². The van der Waals surface area contributed by atoms with Crippen molar-refractivity contribution >= 4 is 11.6 Å². The summed E-state index contributed by atoms with van der Waals surface area (Å²) in [7, 11) is 0. The molecule has 0 aliphatic carbocycles. The van der Waals surface area contributed by atoms with Gasteiger partial charge in [0, 0.05) is 11.3 Å². The number of hydrogen-bond acceptors (Lipinski definition) is 3. The zero-order chi connectivity index (χ0) is 11.6. The Morgan fingerprint density at radius 3 is 2.33 bits per heavy atom. The summed E-state index contributed by atoms with van der Waals surface area (Å²) in [6, 6.07) is 2.53. The molecule has 0 unspecified atom stereocenters. The Balaban J connectivity index is 3.23. The predicted octanol–water partition coefficient (Wildman–Crippen LogP) is 0.891. The van der Waals surface area contributed by atoms with E-state index in [-0.39, 0.29) is 11.3 Å². The molecule has 7 heteroatoms. The molecule has 0 aromatic heterocycles. The second kappa shape index (κ2) is 3.77. The number of carbonyl (C=O) groups excluding carboxylic acids is 1. The zero-order valence-electron chi connectivity index (χ0n) is 7.43. The van der Waals surface area contributed by atoms with E-state index in [1.165, 1.54) is 0 Å². The lowest BCUT2D eigenvalue weighted by Gasteiger charge is -2.09. The molecule has 1 amide bonds. The largest absolute Gasteiger partial charge is 0.416 e. The third-order valence-electron chi connectivity index (χ3n) is 1.68. The Bertz CT molecular complexity index is 389. The number of halogens is 3. The summed E-state index contributed by atoms with van der Waals surface area (Å²) < 4.78 is 36.9. The molecule has 0 fully saturated rings. The first-order chi connectivity index (χ1) is 6.84. The molecule has 82 valence electrons. The molecular formula is C8H8F3N3O. The number of hydrogen-bond donors (Lipinski definition) is 3. The fourth-order valence-electron chi connectivity index (χ4n) is 1.03. The van der Waals surface area contributed by atoms with Gasteiger partial charge in [-0.15, -0.1) is 0 Å². The van der Waals surface area contributed by atoms with E-state index in [9.17, 15) is 18.0 Å². The van der Waals surface area contributed by atoms with E-state index in [1.54, 1.807) is 5.43 Å². The van der Waals surface area contributed by atoms with E-state index in [0.717, 1.165) is 12.1 Å². The smallest absolute Gasteiger partial charge is 0.399 e. The lowest BCUT2D eigenvalue weighted by Crippen LogP contribution is -2.30. The summed E-state index contributed by atoms with van der Waals surface area (Å²) in [5, 5.41) is 0. The van der Waals surface area contributed by atoms with Gasteiger partial charge in [0.15, 0.2) is 0 Å². The van der Waals surface area contributed by atoms with E-state index >= 15 is 0 Å². The van der Waals surface area contributed by atoms with Gasteiger partial charge in [0.2, 0.25) is 0 Å². The third kappa shape index (κ3) is 2.59. The number of benzene rings is 1. The number of nitrogens with one attached hydrogen (secondary N) is 1. The minimum atomic E-state index is -4.54. The molecule has 0 aliphatic rings. The Hall–Kier alpha value is -1.76. The van der Waals surface area contributed by atoms with E-state index in [1.807, 2.05) is 0 Å². The Labute approximate surface area is 83.0 Å². The molecule has 0 atom stereocenters. The number of anilines is 1. The van der Waals surface area contributed by atoms with Crippen LogP contribution in [0.25, 0.3) is 0 Å². The van der Waals surface area contributed by atoms with Gasteiger partial charge in [0.25, 0.3) is 5.91 Å². The lowest BCUT2D eigenvalue weighted by molar-refractivity contribution is -0.137. The normalized spacial score (nSPS) is 11.2. The molecule has 5 N–H and O–H groups in total. The van der Waals surface area contributed by atoms with Crippen LogP contribution in [-0.4, -0.2) is 5.91 Å². The number of alkyl halides is 3. The highest BCUT2D eigenvalue weighted by atomic mass is 19.4. The topological polar surface area (TPSA) is 81.1 Å². The second-order valence-electron chi connectivity index (χ2n) is 2.81. The van der Waals surface area contributed by atoms with Gasteiger partial charge in [-0.2, -0.15) is 13.2 Å². The molecule has 0 aliphatic heterocycles. The van der Waals surface area contributed by atoms with Crippen molar-refractivity contribution in [2.75, 3.05) is 5.73 Å². The van der Waals surface area contributed by atoms with Crippen LogP contribution in [0.1, 0.15) is 15.9 Å². The lowest BCUT2D eigenvalue weighted by atomic mass is 10.1. The van der Waals surface area contributed by atoms with E-state index < -0.39 is 17.6 Å². The third-order valence-corrected chi connectivity index (χ3v) is 1.68. The van der Waals surface area contributed by atoms with Crippen LogP contribution in [0.3, 0.4) is 0 Å². The average molecular weight is 219 g/mol. The van der Waals surface area contributed by atoms with Crippen molar-refractivity contribution in [1.29, 1.82) is 0 Å². The number of nitrogens with two attached hydrogens (primary N) is 2. The van der Waals surface area contributed by atoms with E-state index in [2.05, 4.69) is 0 Å². The molecule has 15 heavy (non-hydrogen) atoms. The molecule has 1 rings (SSSR count). The molecule has 0 spiro atoms. The standard InChI is InChI=1S/C8H8F3N3O/c9-8(10,11)5-1-4(7(15)14-13)2-6(12)3-5/h1-3H,12-13H2,(H,14,15). The minimum absolute atomic E-state index is 0.150. The van der Waals surface area contributed by atoms with Gasteiger partial charge >= 0.3 is 6.18 Å². The van der Waals surface area contributed by atoms with Gasteiger partial charge in [-0.05, 0) is 18.2 Å². The first kappa shape index (κ1) is 11.3. The van der Waals surface area contributed by atoms with Crippen LogP contribution in [-0.2, 0) is 6.18 Å². The molecule has 0 saturated carbocycles. The van der Waals surface area contributed by atoms with Crippen LogP contribution in [0.5, 0.6) is 0 Å². The summed E-state index contributed by atoms with van der Waals surface area (Å²) in [5.74, 6) is 3.97. The molecule has 1 aromatic rings.